The van der Waals surface area contributed by atoms with Crippen LogP contribution in [0.1, 0.15) is 56.1 Å². The lowest BCUT2D eigenvalue weighted by atomic mass is 9.86. The highest BCUT2D eigenvalue weighted by molar-refractivity contribution is 7.22. The zero-order valence-corrected chi connectivity index (χ0v) is 17.6. The number of amides is 1. The molecule has 0 aliphatic heterocycles. The first kappa shape index (κ1) is 19.1. The number of fused-ring (bicyclic) bond motifs is 1. The van der Waals surface area contributed by atoms with Crippen molar-refractivity contribution in [3.8, 4) is 0 Å². The van der Waals surface area contributed by atoms with E-state index in [1.807, 2.05) is 23.1 Å². The Labute approximate surface area is 171 Å². The average molecular weight is 393 g/mol. The minimum atomic E-state index is 0.162. The van der Waals surface area contributed by atoms with Gasteiger partial charge in [0.05, 0.1) is 15.9 Å². The number of anilines is 2. The van der Waals surface area contributed by atoms with Crippen LogP contribution in [0.25, 0.3) is 10.2 Å². The molecule has 4 rings (SSSR count). The number of hydrogen-bond acceptors (Lipinski definition) is 3. The maximum atomic E-state index is 13.4. The number of benzene rings is 2. The summed E-state index contributed by atoms with van der Waals surface area (Å²) in [5.41, 5.74) is 4.23. The minimum absolute atomic E-state index is 0.162. The fraction of sp³-hybridized carbons (Fsp3) is 0.417. The molecule has 0 bridgehead atoms. The molecule has 1 amide bonds. The largest absolute Gasteiger partial charge is 0.274 e. The second-order valence-electron chi connectivity index (χ2n) is 8.08. The zero-order valence-electron chi connectivity index (χ0n) is 16.8. The first-order chi connectivity index (χ1) is 13.6. The molecule has 1 aliphatic rings. The van der Waals surface area contributed by atoms with Crippen LogP contribution in [0.2, 0.25) is 0 Å². The quantitative estimate of drug-likeness (QED) is 0.471. The van der Waals surface area contributed by atoms with Gasteiger partial charge in [-0.1, -0.05) is 61.6 Å². The highest BCUT2D eigenvalue weighted by atomic mass is 32.1. The van der Waals surface area contributed by atoms with Crippen LogP contribution in [-0.2, 0) is 4.79 Å². The number of rotatable bonds is 5. The van der Waals surface area contributed by atoms with Crippen molar-refractivity contribution in [1.82, 2.24) is 4.98 Å². The lowest BCUT2D eigenvalue weighted by Crippen LogP contribution is -2.26. The standard InChI is InChI=1S/C24H28N2OS/c1-17-14-18(2)16-20(15-17)26(23(27)13-12-19-8-4-3-5-9-19)24-25-21-10-6-7-11-22(21)28-24/h6-7,10-11,14-16,19H,3-5,8-9,12-13H2,1-2H3. The molecule has 0 spiro atoms. The Hall–Kier alpha value is -2.20. The summed E-state index contributed by atoms with van der Waals surface area (Å²) in [4.78, 5) is 20.0. The van der Waals surface area contributed by atoms with Crippen molar-refractivity contribution in [2.75, 3.05) is 4.90 Å². The van der Waals surface area contributed by atoms with Gasteiger partial charge in [-0.2, -0.15) is 0 Å². The predicted molar refractivity (Wildman–Crippen MR) is 118 cm³/mol. The molecule has 28 heavy (non-hydrogen) atoms. The molecule has 1 aliphatic carbocycles. The molecule has 0 N–H and O–H groups in total. The average Bonchev–Trinajstić information content (AvgIpc) is 3.10. The molecule has 1 aromatic heterocycles. The molecule has 0 unspecified atom stereocenters. The third-order valence-electron chi connectivity index (χ3n) is 5.68. The minimum Gasteiger partial charge on any atom is -0.274 e. The van der Waals surface area contributed by atoms with E-state index in [2.05, 4.69) is 38.1 Å². The van der Waals surface area contributed by atoms with Crippen molar-refractivity contribution in [3.05, 3.63) is 53.6 Å². The second kappa shape index (κ2) is 8.44. The van der Waals surface area contributed by atoms with E-state index in [0.29, 0.717) is 12.3 Å². The van der Waals surface area contributed by atoms with Crippen molar-refractivity contribution in [2.45, 2.75) is 58.8 Å². The fourth-order valence-corrected chi connectivity index (χ4v) is 5.32. The summed E-state index contributed by atoms with van der Waals surface area (Å²) in [6, 6.07) is 14.4. The molecule has 1 saturated carbocycles. The maximum absolute atomic E-state index is 13.4. The van der Waals surface area contributed by atoms with E-state index in [1.165, 1.54) is 43.2 Å². The Balaban J connectivity index is 1.65. The molecule has 1 fully saturated rings. The van der Waals surface area contributed by atoms with Gasteiger partial charge in [-0.3, -0.25) is 9.69 Å². The number of carbonyl (C=O) groups excluding carboxylic acids is 1. The number of aromatic nitrogens is 1. The van der Waals surface area contributed by atoms with E-state index in [9.17, 15) is 4.79 Å². The third kappa shape index (κ3) is 4.27. The molecule has 4 heteroatoms. The highest BCUT2D eigenvalue weighted by Gasteiger charge is 2.24. The van der Waals surface area contributed by atoms with Crippen molar-refractivity contribution >= 4 is 38.3 Å². The van der Waals surface area contributed by atoms with Crippen LogP contribution in [0.5, 0.6) is 0 Å². The summed E-state index contributed by atoms with van der Waals surface area (Å²) in [6.07, 6.45) is 8.12. The number of nitrogens with zero attached hydrogens (tertiary/aromatic N) is 2. The third-order valence-corrected chi connectivity index (χ3v) is 6.70. The van der Waals surface area contributed by atoms with Crippen molar-refractivity contribution in [1.29, 1.82) is 0 Å². The molecule has 3 aromatic rings. The number of para-hydroxylation sites is 1. The fourth-order valence-electron chi connectivity index (χ4n) is 4.31. The van der Waals surface area contributed by atoms with E-state index in [4.69, 9.17) is 4.98 Å². The van der Waals surface area contributed by atoms with Gasteiger partial charge < -0.3 is 0 Å². The summed E-state index contributed by atoms with van der Waals surface area (Å²) in [6.45, 7) is 4.17. The summed E-state index contributed by atoms with van der Waals surface area (Å²) in [5.74, 6) is 0.865. The molecule has 1 heterocycles. The van der Waals surface area contributed by atoms with E-state index in [-0.39, 0.29) is 5.91 Å². The number of aryl methyl sites for hydroxylation is 2. The molecule has 2 aromatic carbocycles. The Bertz CT molecular complexity index is 918. The van der Waals surface area contributed by atoms with Crippen molar-refractivity contribution in [2.24, 2.45) is 5.92 Å². The molecule has 146 valence electrons. The molecule has 0 radical (unpaired) electrons. The highest BCUT2D eigenvalue weighted by Crippen LogP contribution is 2.36. The second-order valence-corrected chi connectivity index (χ2v) is 9.09. The number of carbonyl (C=O) groups is 1. The monoisotopic (exact) mass is 392 g/mol. The smallest absolute Gasteiger partial charge is 0.233 e. The first-order valence-corrected chi connectivity index (χ1v) is 11.2. The lowest BCUT2D eigenvalue weighted by molar-refractivity contribution is -0.118. The maximum Gasteiger partial charge on any atom is 0.233 e. The van der Waals surface area contributed by atoms with Gasteiger partial charge in [-0.05, 0) is 61.6 Å². The zero-order chi connectivity index (χ0) is 19.5. The number of hydrogen-bond donors (Lipinski definition) is 0. The van der Waals surface area contributed by atoms with Gasteiger partial charge in [0.15, 0.2) is 5.13 Å². The Morgan fingerprint density at radius 3 is 2.50 bits per heavy atom. The van der Waals surface area contributed by atoms with Gasteiger partial charge in [0, 0.05) is 6.42 Å². The van der Waals surface area contributed by atoms with Crippen LogP contribution in [0.4, 0.5) is 10.8 Å². The molecule has 0 saturated heterocycles. The predicted octanol–water partition coefficient (Wildman–Crippen LogP) is 6.94. The van der Waals surface area contributed by atoms with Crippen LogP contribution in [0, 0.1) is 19.8 Å². The van der Waals surface area contributed by atoms with Crippen LogP contribution in [0.3, 0.4) is 0 Å². The van der Waals surface area contributed by atoms with Gasteiger partial charge >= 0.3 is 0 Å². The summed E-state index contributed by atoms with van der Waals surface area (Å²) in [7, 11) is 0. The van der Waals surface area contributed by atoms with Crippen molar-refractivity contribution in [3.63, 3.8) is 0 Å². The van der Waals surface area contributed by atoms with E-state index in [1.54, 1.807) is 11.3 Å². The van der Waals surface area contributed by atoms with Gasteiger partial charge in [-0.15, -0.1) is 0 Å². The molecular weight excluding hydrogens is 364 g/mol. The van der Waals surface area contributed by atoms with E-state index >= 15 is 0 Å². The van der Waals surface area contributed by atoms with Gasteiger partial charge in [0.25, 0.3) is 0 Å². The SMILES string of the molecule is Cc1cc(C)cc(N(C(=O)CCC2CCCCC2)c2nc3ccccc3s2)c1. The van der Waals surface area contributed by atoms with E-state index < -0.39 is 0 Å². The van der Waals surface area contributed by atoms with E-state index in [0.717, 1.165) is 27.5 Å². The van der Waals surface area contributed by atoms with Gasteiger partial charge in [0.1, 0.15) is 0 Å². The summed E-state index contributed by atoms with van der Waals surface area (Å²) in [5, 5.41) is 0.778. The Morgan fingerprint density at radius 2 is 1.79 bits per heavy atom. The normalized spacial score (nSPS) is 15.1. The molecular formula is C24H28N2OS. The van der Waals surface area contributed by atoms with Crippen LogP contribution in [0.15, 0.2) is 42.5 Å². The van der Waals surface area contributed by atoms with Crippen LogP contribution >= 0.6 is 11.3 Å². The Morgan fingerprint density at radius 1 is 1.07 bits per heavy atom. The molecule has 0 atom stereocenters. The Kier molecular flexibility index (Phi) is 5.77. The first-order valence-electron chi connectivity index (χ1n) is 10.4. The van der Waals surface area contributed by atoms with Gasteiger partial charge in [0.2, 0.25) is 5.91 Å². The van der Waals surface area contributed by atoms with Gasteiger partial charge in [-0.25, -0.2) is 4.98 Å². The molecule has 3 nitrogen and oxygen atoms in total. The topological polar surface area (TPSA) is 33.2 Å². The summed E-state index contributed by atoms with van der Waals surface area (Å²) < 4.78 is 1.12. The lowest BCUT2D eigenvalue weighted by Gasteiger charge is -2.24. The number of thiazole rings is 1. The van der Waals surface area contributed by atoms with Crippen molar-refractivity contribution < 1.29 is 4.79 Å². The summed E-state index contributed by atoms with van der Waals surface area (Å²) >= 11 is 1.60. The van der Waals surface area contributed by atoms with Crippen LogP contribution in [-0.4, -0.2) is 10.9 Å². The van der Waals surface area contributed by atoms with Crippen LogP contribution < -0.4 is 4.90 Å².